The Balaban J connectivity index is 2.20. The molecule has 3 amide bonds. The molecule has 130 valence electrons. The molecule has 0 fully saturated rings. The van der Waals surface area contributed by atoms with Crippen LogP contribution in [0.3, 0.4) is 0 Å². The minimum absolute atomic E-state index is 0.258. The summed E-state index contributed by atoms with van der Waals surface area (Å²) in [6.45, 7) is 5.13. The van der Waals surface area contributed by atoms with Gasteiger partial charge < -0.3 is 16.0 Å². The Morgan fingerprint density at radius 1 is 0.880 bits per heavy atom. The van der Waals surface area contributed by atoms with E-state index in [1.54, 1.807) is 18.2 Å². The largest absolute Gasteiger partial charge is 0.348 e. The smallest absolute Gasteiger partial charge is 0.251 e. The molecule has 0 bridgehead atoms. The second kappa shape index (κ2) is 8.10. The summed E-state index contributed by atoms with van der Waals surface area (Å²) < 4.78 is 0. The number of carbonyl (C=O) groups is 3. The number of amides is 3. The van der Waals surface area contributed by atoms with Crippen LogP contribution in [0, 0.1) is 6.92 Å². The SMILES string of the molecule is CC(=O)Nc1cc(NC(C)=O)cc(C(=O)NCc2ccccc2C)c1. The second-order valence-electron chi connectivity index (χ2n) is 5.77. The van der Waals surface area contributed by atoms with E-state index in [-0.39, 0.29) is 17.7 Å². The number of anilines is 2. The van der Waals surface area contributed by atoms with Gasteiger partial charge in [0.25, 0.3) is 5.91 Å². The van der Waals surface area contributed by atoms with E-state index in [2.05, 4.69) is 16.0 Å². The van der Waals surface area contributed by atoms with Gasteiger partial charge in [0.1, 0.15) is 0 Å². The van der Waals surface area contributed by atoms with Crippen LogP contribution in [-0.2, 0) is 16.1 Å². The summed E-state index contributed by atoms with van der Waals surface area (Å²) in [5.74, 6) is -0.806. The molecular formula is C19H21N3O3. The van der Waals surface area contributed by atoms with Crippen LogP contribution >= 0.6 is 0 Å². The molecule has 0 aliphatic rings. The lowest BCUT2D eigenvalue weighted by Crippen LogP contribution is -2.23. The van der Waals surface area contributed by atoms with Gasteiger partial charge in [0.05, 0.1) is 0 Å². The van der Waals surface area contributed by atoms with E-state index in [9.17, 15) is 14.4 Å². The van der Waals surface area contributed by atoms with Crippen molar-refractivity contribution in [1.29, 1.82) is 0 Å². The van der Waals surface area contributed by atoms with Gasteiger partial charge in [-0.05, 0) is 36.2 Å². The summed E-state index contributed by atoms with van der Waals surface area (Å²) in [6, 6.07) is 12.5. The third-order valence-corrected chi connectivity index (χ3v) is 3.54. The summed E-state index contributed by atoms with van der Waals surface area (Å²) in [4.78, 5) is 35.0. The molecule has 0 saturated carbocycles. The van der Waals surface area contributed by atoms with Crippen molar-refractivity contribution in [2.45, 2.75) is 27.3 Å². The predicted molar refractivity (Wildman–Crippen MR) is 97.4 cm³/mol. The van der Waals surface area contributed by atoms with Gasteiger partial charge in [0.2, 0.25) is 11.8 Å². The first-order chi connectivity index (χ1) is 11.8. The number of hydrogen-bond acceptors (Lipinski definition) is 3. The standard InChI is InChI=1S/C19H21N3O3/c1-12-6-4-5-7-15(12)11-20-19(25)16-8-17(21-13(2)23)10-18(9-16)22-14(3)24/h4-10H,11H2,1-3H3,(H,20,25)(H,21,23)(H,22,24). The average Bonchev–Trinajstić information content (AvgIpc) is 2.52. The molecule has 2 aromatic rings. The summed E-state index contributed by atoms with van der Waals surface area (Å²) >= 11 is 0. The molecule has 6 nitrogen and oxygen atoms in total. The number of hydrogen-bond donors (Lipinski definition) is 3. The van der Waals surface area contributed by atoms with Gasteiger partial charge in [0, 0.05) is 37.3 Å². The molecule has 2 aromatic carbocycles. The molecule has 3 N–H and O–H groups in total. The zero-order valence-corrected chi connectivity index (χ0v) is 14.5. The molecule has 0 aliphatic carbocycles. The van der Waals surface area contributed by atoms with Gasteiger partial charge in [-0.15, -0.1) is 0 Å². The molecule has 25 heavy (non-hydrogen) atoms. The number of carbonyl (C=O) groups excluding carboxylic acids is 3. The third kappa shape index (κ3) is 5.46. The van der Waals surface area contributed by atoms with Crippen LogP contribution in [-0.4, -0.2) is 17.7 Å². The molecule has 0 heterocycles. The van der Waals surface area contributed by atoms with E-state index < -0.39 is 0 Å². The Labute approximate surface area is 146 Å². The van der Waals surface area contributed by atoms with Gasteiger partial charge >= 0.3 is 0 Å². The third-order valence-electron chi connectivity index (χ3n) is 3.54. The minimum atomic E-state index is -0.290. The van der Waals surface area contributed by atoms with Gasteiger partial charge in [-0.2, -0.15) is 0 Å². The molecular weight excluding hydrogens is 318 g/mol. The first kappa shape index (κ1) is 18.2. The highest BCUT2D eigenvalue weighted by Gasteiger charge is 2.11. The quantitative estimate of drug-likeness (QED) is 0.783. The van der Waals surface area contributed by atoms with Gasteiger partial charge in [-0.25, -0.2) is 0 Å². The molecule has 0 spiro atoms. The number of rotatable bonds is 5. The van der Waals surface area contributed by atoms with Crippen LogP contribution in [0.1, 0.15) is 35.3 Å². The van der Waals surface area contributed by atoms with Crippen LogP contribution in [0.5, 0.6) is 0 Å². The Bertz CT molecular complexity index is 781. The van der Waals surface area contributed by atoms with E-state index in [0.29, 0.717) is 23.5 Å². The molecule has 0 unspecified atom stereocenters. The minimum Gasteiger partial charge on any atom is -0.348 e. The van der Waals surface area contributed by atoms with Crippen molar-refractivity contribution in [2.24, 2.45) is 0 Å². The predicted octanol–water partition coefficient (Wildman–Crippen LogP) is 2.84. The maximum absolute atomic E-state index is 12.5. The van der Waals surface area contributed by atoms with E-state index in [4.69, 9.17) is 0 Å². The van der Waals surface area contributed by atoms with Crippen molar-refractivity contribution in [3.8, 4) is 0 Å². The Morgan fingerprint density at radius 2 is 1.44 bits per heavy atom. The van der Waals surface area contributed by atoms with Gasteiger partial charge in [-0.1, -0.05) is 24.3 Å². The molecule has 0 saturated heterocycles. The van der Waals surface area contributed by atoms with Crippen LogP contribution in [0.15, 0.2) is 42.5 Å². The highest BCUT2D eigenvalue weighted by Crippen LogP contribution is 2.19. The molecule has 0 radical (unpaired) electrons. The normalized spacial score (nSPS) is 10.0. The van der Waals surface area contributed by atoms with Crippen molar-refractivity contribution in [1.82, 2.24) is 5.32 Å². The lowest BCUT2D eigenvalue weighted by atomic mass is 10.1. The fourth-order valence-corrected chi connectivity index (χ4v) is 2.40. The average molecular weight is 339 g/mol. The number of aryl methyl sites for hydroxylation is 1. The Hall–Kier alpha value is -3.15. The zero-order valence-electron chi connectivity index (χ0n) is 14.5. The van der Waals surface area contributed by atoms with E-state index in [1.165, 1.54) is 13.8 Å². The topological polar surface area (TPSA) is 87.3 Å². The van der Waals surface area contributed by atoms with Crippen molar-refractivity contribution in [2.75, 3.05) is 10.6 Å². The monoisotopic (exact) mass is 339 g/mol. The molecule has 2 rings (SSSR count). The van der Waals surface area contributed by atoms with Crippen molar-refractivity contribution in [3.05, 3.63) is 59.2 Å². The summed E-state index contributed by atoms with van der Waals surface area (Å²) in [7, 11) is 0. The summed E-state index contributed by atoms with van der Waals surface area (Å²) in [5.41, 5.74) is 3.35. The molecule has 0 aromatic heterocycles. The lowest BCUT2D eigenvalue weighted by Gasteiger charge is -2.12. The van der Waals surface area contributed by atoms with Gasteiger partial charge in [0.15, 0.2) is 0 Å². The Kier molecular flexibility index (Phi) is 5.89. The fraction of sp³-hybridized carbons (Fsp3) is 0.211. The summed E-state index contributed by atoms with van der Waals surface area (Å²) in [5, 5.41) is 8.11. The van der Waals surface area contributed by atoms with Crippen molar-refractivity contribution < 1.29 is 14.4 Å². The lowest BCUT2D eigenvalue weighted by molar-refractivity contribution is -0.115. The fourth-order valence-electron chi connectivity index (χ4n) is 2.40. The van der Waals surface area contributed by atoms with Crippen LogP contribution in [0.25, 0.3) is 0 Å². The molecule has 0 aliphatic heterocycles. The van der Waals surface area contributed by atoms with Gasteiger partial charge in [-0.3, -0.25) is 14.4 Å². The summed E-state index contributed by atoms with van der Waals surface area (Å²) in [6.07, 6.45) is 0. The van der Waals surface area contributed by atoms with Crippen LogP contribution < -0.4 is 16.0 Å². The van der Waals surface area contributed by atoms with Crippen LogP contribution in [0.2, 0.25) is 0 Å². The molecule has 0 atom stereocenters. The van der Waals surface area contributed by atoms with E-state index >= 15 is 0 Å². The molecule has 6 heteroatoms. The zero-order chi connectivity index (χ0) is 18.4. The maximum Gasteiger partial charge on any atom is 0.251 e. The maximum atomic E-state index is 12.5. The van der Waals surface area contributed by atoms with Crippen molar-refractivity contribution in [3.63, 3.8) is 0 Å². The van der Waals surface area contributed by atoms with E-state index in [0.717, 1.165) is 11.1 Å². The van der Waals surface area contributed by atoms with Crippen molar-refractivity contribution >= 4 is 29.1 Å². The number of benzene rings is 2. The first-order valence-electron chi connectivity index (χ1n) is 7.88. The number of nitrogens with one attached hydrogen (secondary N) is 3. The first-order valence-corrected chi connectivity index (χ1v) is 7.88. The van der Waals surface area contributed by atoms with Crippen LogP contribution in [0.4, 0.5) is 11.4 Å². The van der Waals surface area contributed by atoms with E-state index in [1.807, 2.05) is 31.2 Å². The second-order valence-corrected chi connectivity index (χ2v) is 5.77. The highest BCUT2D eigenvalue weighted by atomic mass is 16.2. The Morgan fingerprint density at radius 3 is 1.96 bits per heavy atom. The highest BCUT2D eigenvalue weighted by molar-refractivity contribution is 5.99.